The average Bonchev–Trinajstić information content (AvgIpc) is 3.13. The molecule has 5 nitrogen and oxygen atoms in total. The van der Waals surface area contributed by atoms with E-state index in [1.54, 1.807) is 18.5 Å². The summed E-state index contributed by atoms with van der Waals surface area (Å²) in [7, 11) is 0. The summed E-state index contributed by atoms with van der Waals surface area (Å²) in [6.45, 7) is 0. The van der Waals surface area contributed by atoms with Gasteiger partial charge in [-0.3, -0.25) is 4.79 Å². The van der Waals surface area contributed by atoms with Crippen LogP contribution in [-0.4, -0.2) is 29.0 Å². The van der Waals surface area contributed by atoms with Crippen molar-refractivity contribution in [3.05, 3.63) is 30.3 Å². The number of rotatable bonds is 2. The van der Waals surface area contributed by atoms with E-state index in [1.807, 2.05) is 6.07 Å². The fourth-order valence-corrected chi connectivity index (χ4v) is 3.22. The third kappa shape index (κ3) is 1.81. The minimum absolute atomic E-state index is 0.0950. The van der Waals surface area contributed by atoms with Gasteiger partial charge in [0, 0.05) is 23.5 Å². The molecule has 2 aromatic rings. The molecule has 0 aliphatic carbocycles. The predicted molar refractivity (Wildman–Crippen MR) is 69.8 cm³/mol. The van der Waals surface area contributed by atoms with Crippen molar-refractivity contribution in [2.75, 3.05) is 0 Å². The fourth-order valence-electron chi connectivity index (χ4n) is 3.22. The van der Waals surface area contributed by atoms with Crippen LogP contribution in [0.15, 0.2) is 29.0 Å². The molecule has 2 fully saturated rings. The fraction of sp³-hybridized carbons (Fsp3) is 0.429. The van der Waals surface area contributed by atoms with Crippen molar-refractivity contribution >= 4 is 16.9 Å². The van der Waals surface area contributed by atoms with Gasteiger partial charge in [-0.15, -0.1) is 0 Å². The molecule has 0 saturated carbocycles. The number of fused-ring (bicyclic) bond motifs is 3. The quantitative estimate of drug-likeness (QED) is 0.800. The van der Waals surface area contributed by atoms with Crippen LogP contribution >= 0.6 is 0 Å². The van der Waals surface area contributed by atoms with Crippen molar-refractivity contribution in [3.8, 4) is 0 Å². The summed E-state index contributed by atoms with van der Waals surface area (Å²) in [5.74, 6) is -0.0950. The molecule has 2 aliphatic heterocycles. The van der Waals surface area contributed by atoms with Crippen LogP contribution < -0.4 is 10.6 Å². The molecule has 0 radical (unpaired) electrons. The standard InChI is InChI=1S/C14H15N3O2/c18-14(17-11-6-9-1-2-10(11)16-9)12-5-8-3-4-19-13(8)7-15-12/h3-5,7,9-11,16H,1-2,6H2,(H,17,18)/t9?,10?,11-/m1/s1/i14+1. The van der Waals surface area contributed by atoms with Crippen molar-refractivity contribution < 1.29 is 9.21 Å². The maximum absolute atomic E-state index is 12.2. The molecule has 2 aromatic heterocycles. The number of carbonyl (C=O) groups is 1. The smallest absolute Gasteiger partial charge is 0.270 e. The Kier molecular flexibility index (Phi) is 2.35. The van der Waals surface area contributed by atoms with Crippen molar-refractivity contribution in [2.45, 2.75) is 37.4 Å². The Morgan fingerprint density at radius 2 is 2.42 bits per heavy atom. The minimum Gasteiger partial charge on any atom is -0.463 e. The molecule has 0 spiro atoms. The Morgan fingerprint density at radius 3 is 3.21 bits per heavy atom. The largest absolute Gasteiger partial charge is 0.463 e. The number of hydrogen-bond acceptors (Lipinski definition) is 4. The molecule has 2 N–H and O–H groups in total. The lowest BCUT2D eigenvalue weighted by Gasteiger charge is -2.21. The first-order chi connectivity index (χ1) is 9.29. The molecule has 5 heteroatoms. The second kappa shape index (κ2) is 4.06. The van der Waals surface area contributed by atoms with E-state index < -0.39 is 0 Å². The molecule has 3 atom stereocenters. The van der Waals surface area contributed by atoms with E-state index in [-0.39, 0.29) is 11.9 Å². The zero-order chi connectivity index (χ0) is 12.8. The maximum atomic E-state index is 12.2. The third-order valence-corrected chi connectivity index (χ3v) is 4.19. The molecule has 19 heavy (non-hydrogen) atoms. The number of carbonyl (C=O) groups excluding carboxylic acids is 1. The van der Waals surface area contributed by atoms with E-state index in [1.165, 1.54) is 6.42 Å². The highest BCUT2D eigenvalue weighted by atomic mass is 16.3. The average molecular weight is 258 g/mol. The van der Waals surface area contributed by atoms with Crippen molar-refractivity contribution in [1.82, 2.24) is 15.6 Å². The minimum atomic E-state index is -0.0950. The molecule has 2 unspecified atom stereocenters. The Bertz CT molecular complexity index is 636. The molecular weight excluding hydrogens is 243 g/mol. The van der Waals surface area contributed by atoms with Gasteiger partial charge in [0.25, 0.3) is 5.91 Å². The van der Waals surface area contributed by atoms with Crippen molar-refractivity contribution in [3.63, 3.8) is 0 Å². The predicted octanol–water partition coefficient (Wildman–Crippen LogP) is 1.45. The first-order valence-electron chi connectivity index (χ1n) is 6.70. The van der Waals surface area contributed by atoms with E-state index in [2.05, 4.69) is 15.6 Å². The summed E-state index contributed by atoms with van der Waals surface area (Å²) in [5.41, 5.74) is 1.16. The van der Waals surface area contributed by atoms with Gasteiger partial charge in [-0.2, -0.15) is 0 Å². The molecular formula is C14H15N3O2. The van der Waals surface area contributed by atoms with Gasteiger partial charge >= 0.3 is 0 Å². The number of aromatic nitrogens is 1. The van der Waals surface area contributed by atoms with E-state index in [9.17, 15) is 4.79 Å². The van der Waals surface area contributed by atoms with Gasteiger partial charge in [0.1, 0.15) is 5.69 Å². The topological polar surface area (TPSA) is 67.2 Å². The summed E-state index contributed by atoms with van der Waals surface area (Å²) >= 11 is 0. The SMILES string of the molecule is O=[13C](N[C@@H]1CC2CCC1N2)c1cc2ccoc2cn1. The summed E-state index contributed by atoms with van der Waals surface area (Å²) in [5, 5.41) is 7.51. The van der Waals surface area contributed by atoms with E-state index in [0.717, 1.165) is 18.2 Å². The molecule has 98 valence electrons. The lowest BCUT2D eigenvalue weighted by molar-refractivity contribution is 0.0926. The highest BCUT2D eigenvalue weighted by Gasteiger charge is 2.39. The highest BCUT2D eigenvalue weighted by molar-refractivity contribution is 5.95. The monoisotopic (exact) mass is 258 g/mol. The Hall–Kier alpha value is -1.88. The van der Waals surface area contributed by atoms with Crippen LogP contribution in [0.1, 0.15) is 29.8 Å². The number of nitrogens with one attached hydrogen (secondary N) is 2. The molecule has 2 bridgehead atoms. The number of nitrogens with zero attached hydrogens (tertiary/aromatic N) is 1. The maximum Gasteiger partial charge on any atom is 0.270 e. The van der Waals surface area contributed by atoms with Gasteiger partial charge in [0.15, 0.2) is 5.58 Å². The number of furan rings is 1. The van der Waals surface area contributed by atoms with Crippen molar-refractivity contribution in [2.24, 2.45) is 0 Å². The second-order valence-electron chi connectivity index (χ2n) is 5.39. The third-order valence-electron chi connectivity index (χ3n) is 4.19. The van der Waals surface area contributed by atoms with E-state index in [0.29, 0.717) is 23.4 Å². The van der Waals surface area contributed by atoms with Gasteiger partial charge in [-0.05, 0) is 31.4 Å². The number of pyridine rings is 1. The zero-order valence-corrected chi connectivity index (χ0v) is 10.4. The van der Waals surface area contributed by atoms with Crippen LogP contribution in [0.25, 0.3) is 11.0 Å². The zero-order valence-electron chi connectivity index (χ0n) is 10.4. The number of hydrogen-bond donors (Lipinski definition) is 2. The summed E-state index contributed by atoms with van der Waals surface area (Å²) in [4.78, 5) is 16.4. The van der Waals surface area contributed by atoms with Crippen LogP contribution in [0.5, 0.6) is 0 Å². The van der Waals surface area contributed by atoms with Crippen LogP contribution in [0.4, 0.5) is 0 Å². The lowest BCUT2D eigenvalue weighted by Crippen LogP contribution is -2.43. The van der Waals surface area contributed by atoms with Crippen LogP contribution in [0, 0.1) is 0 Å². The Balaban J connectivity index is 1.53. The molecule has 1 amide bonds. The Labute approximate surface area is 110 Å². The van der Waals surface area contributed by atoms with Gasteiger partial charge in [-0.1, -0.05) is 0 Å². The van der Waals surface area contributed by atoms with Crippen LogP contribution in [-0.2, 0) is 0 Å². The Morgan fingerprint density at radius 1 is 1.47 bits per heavy atom. The molecule has 0 aromatic carbocycles. The summed E-state index contributed by atoms with van der Waals surface area (Å²) in [6, 6.07) is 4.88. The normalized spacial score (nSPS) is 28.9. The van der Waals surface area contributed by atoms with Crippen LogP contribution in [0.2, 0.25) is 0 Å². The molecule has 4 rings (SSSR count). The lowest BCUT2D eigenvalue weighted by atomic mass is 9.96. The molecule has 2 saturated heterocycles. The van der Waals surface area contributed by atoms with Gasteiger partial charge in [-0.25, -0.2) is 4.98 Å². The second-order valence-corrected chi connectivity index (χ2v) is 5.39. The van der Waals surface area contributed by atoms with Gasteiger partial charge < -0.3 is 15.1 Å². The van der Waals surface area contributed by atoms with E-state index in [4.69, 9.17) is 4.42 Å². The molecule has 4 heterocycles. The first kappa shape index (κ1) is 11.0. The number of amides is 1. The van der Waals surface area contributed by atoms with Crippen molar-refractivity contribution in [1.29, 1.82) is 0 Å². The highest BCUT2D eigenvalue weighted by Crippen LogP contribution is 2.28. The van der Waals surface area contributed by atoms with Gasteiger partial charge in [0.05, 0.1) is 12.5 Å². The first-order valence-corrected chi connectivity index (χ1v) is 6.70. The summed E-state index contributed by atoms with van der Waals surface area (Å²) < 4.78 is 5.22. The van der Waals surface area contributed by atoms with Gasteiger partial charge in [0.2, 0.25) is 0 Å². The molecule has 2 aliphatic rings. The summed E-state index contributed by atoms with van der Waals surface area (Å²) in [6.07, 6.45) is 6.63. The van der Waals surface area contributed by atoms with Crippen LogP contribution in [0.3, 0.4) is 0 Å². The van der Waals surface area contributed by atoms with E-state index >= 15 is 0 Å².